The standard InChI is InChI=1S/C17H19N5O2/c1-3-12(2)24-16-10-13(7-8-18-16)17(23)19-11-15-21-20-14-6-4-5-9-22(14)15/h4-10,12H,3,11H2,1-2H3,(H,19,23)/t12-/m0/s1. The summed E-state index contributed by atoms with van der Waals surface area (Å²) in [6, 6.07) is 8.94. The molecule has 7 heteroatoms. The first-order valence-corrected chi connectivity index (χ1v) is 7.87. The molecule has 124 valence electrons. The maximum atomic E-state index is 12.3. The first-order chi connectivity index (χ1) is 11.7. The highest BCUT2D eigenvalue weighted by Gasteiger charge is 2.11. The molecule has 0 saturated heterocycles. The van der Waals surface area contributed by atoms with Crippen LogP contribution < -0.4 is 10.1 Å². The zero-order valence-corrected chi connectivity index (χ0v) is 13.6. The number of hydrogen-bond acceptors (Lipinski definition) is 5. The Labute approximate surface area is 139 Å². The summed E-state index contributed by atoms with van der Waals surface area (Å²) < 4.78 is 7.48. The van der Waals surface area contributed by atoms with E-state index in [2.05, 4.69) is 20.5 Å². The quantitative estimate of drug-likeness (QED) is 0.751. The largest absolute Gasteiger partial charge is 0.475 e. The lowest BCUT2D eigenvalue weighted by molar-refractivity contribution is 0.0948. The lowest BCUT2D eigenvalue weighted by Crippen LogP contribution is -2.24. The number of fused-ring (bicyclic) bond motifs is 1. The Balaban J connectivity index is 1.68. The van der Waals surface area contributed by atoms with E-state index in [-0.39, 0.29) is 18.6 Å². The SMILES string of the molecule is CC[C@H](C)Oc1cc(C(=O)NCc2nnc3ccccn23)ccn1. The van der Waals surface area contributed by atoms with Crippen LogP contribution in [0, 0.1) is 0 Å². The van der Waals surface area contributed by atoms with Crippen LogP contribution in [0.15, 0.2) is 42.7 Å². The minimum absolute atomic E-state index is 0.0539. The van der Waals surface area contributed by atoms with Crippen molar-refractivity contribution in [2.75, 3.05) is 0 Å². The van der Waals surface area contributed by atoms with Crippen LogP contribution in [-0.2, 0) is 6.54 Å². The number of pyridine rings is 2. The van der Waals surface area contributed by atoms with Crippen LogP contribution >= 0.6 is 0 Å². The van der Waals surface area contributed by atoms with Crippen molar-refractivity contribution in [1.82, 2.24) is 24.9 Å². The second kappa shape index (κ2) is 7.08. The van der Waals surface area contributed by atoms with Gasteiger partial charge in [-0.05, 0) is 31.5 Å². The Kier molecular flexibility index (Phi) is 4.69. The summed E-state index contributed by atoms with van der Waals surface area (Å²) in [5, 5.41) is 11.0. The Bertz CT molecular complexity index is 846. The fourth-order valence-electron chi connectivity index (χ4n) is 2.18. The third-order valence-electron chi connectivity index (χ3n) is 3.69. The average Bonchev–Trinajstić information content (AvgIpc) is 3.03. The van der Waals surface area contributed by atoms with Crippen molar-refractivity contribution in [1.29, 1.82) is 0 Å². The van der Waals surface area contributed by atoms with E-state index >= 15 is 0 Å². The Morgan fingerprint density at radius 1 is 1.33 bits per heavy atom. The van der Waals surface area contributed by atoms with Gasteiger partial charge in [-0.2, -0.15) is 0 Å². The monoisotopic (exact) mass is 325 g/mol. The van der Waals surface area contributed by atoms with E-state index in [1.54, 1.807) is 18.3 Å². The number of hydrogen-bond donors (Lipinski definition) is 1. The third kappa shape index (κ3) is 3.51. The van der Waals surface area contributed by atoms with E-state index in [0.29, 0.717) is 17.3 Å². The van der Waals surface area contributed by atoms with Crippen LogP contribution in [0.3, 0.4) is 0 Å². The molecule has 3 heterocycles. The molecule has 24 heavy (non-hydrogen) atoms. The lowest BCUT2D eigenvalue weighted by Gasteiger charge is -2.12. The average molecular weight is 325 g/mol. The van der Waals surface area contributed by atoms with E-state index in [1.807, 2.05) is 42.6 Å². The first kappa shape index (κ1) is 15.9. The van der Waals surface area contributed by atoms with Crippen molar-refractivity contribution in [3.63, 3.8) is 0 Å². The molecular weight excluding hydrogens is 306 g/mol. The fraction of sp³-hybridized carbons (Fsp3) is 0.294. The van der Waals surface area contributed by atoms with Gasteiger partial charge in [-0.15, -0.1) is 10.2 Å². The fourth-order valence-corrected chi connectivity index (χ4v) is 2.18. The molecular formula is C17H19N5O2. The van der Waals surface area contributed by atoms with Gasteiger partial charge in [0.15, 0.2) is 11.5 Å². The molecule has 0 fully saturated rings. The molecule has 0 aliphatic rings. The summed E-state index contributed by atoms with van der Waals surface area (Å²) in [4.78, 5) is 16.5. The van der Waals surface area contributed by atoms with Gasteiger partial charge in [-0.1, -0.05) is 13.0 Å². The first-order valence-electron chi connectivity index (χ1n) is 7.87. The predicted octanol–water partition coefficient (Wildman–Crippen LogP) is 2.23. The van der Waals surface area contributed by atoms with Gasteiger partial charge in [-0.3, -0.25) is 9.20 Å². The second-order valence-corrected chi connectivity index (χ2v) is 5.45. The van der Waals surface area contributed by atoms with Gasteiger partial charge in [0.1, 0.15) is 0 Å². The van der Waals surface area contributed by atoms with Gasteiger partial charge >= 0.3 is 0 Å². The normalized spacial score (nSPS) is 12.1. The lowest BCUT2D eigenvalue weighted by atomic mass is 10.2. The summed E-state index contributed by atoms with van der Waals surface area (Å²) in [6.45, 7) is 4.28. The van der Waals surface area contributed by atoms with E-state index in [0.717, 1.165) is 12.1 Å². The summed E-state index contributed by atoms with van der Waals surface area (Å²) in [5.41, 5.74) is 1.24. The number of carbonyl (C=O) groups is 1. The molecule has 0 aliphatic heterocycles. The van der Waals surface area contributed by atoms with Gasteiger partial charge in [0.05, 0.1) is 12.6 Å². The van der Waals surface area contributed by atoms with Crippen molar-refractivity contribution in [2.45, 2.75) is 32.9 Å². The van der Waals surface area contributed by atoms with Crippen LogP contribution in [-0.4, -0.2) is 31.6 Å². The highest BCUT2D eigenvalue weighted by Crippen LogP contribution is 2.12. The molecule has 0 saturated carbocycles. The smallest absolute Gasteiger partial charge is 0.251 e. The predicted molar refractivity (Wildman–Crippen MR) is 88.8 cm³/mol. The van der Waals surface area contributed by atoms with E-state index < -0.39 is 0 Å². The minimum atomic E-state index is -0.209. The van der Waals surface area contributed by atoms with Gasteiger partial charge in [0.2, 0.25) is 5.88 Å². The molecule has 0 unspecified atom stereocenters. The molecule has 0 radical (unpaired) electrons. The number of nitrogens with zero attached hydrogens (tertiary/aromatic N) is 4. The van der Waals surface area contributed by atoms with Crippen molar-refractivity contribution in [3.8, 4) is 5.88 Å². The van der Waals surface area contributed by atoms with Crippen molar-refractivity contribution in [3.05, 3.63) is 54.1 Å². The maximum absolute atomic E-state index is 12.3. The summed E-state index contributed by atoms with van der Waals surface area (Å²) in [6.07, 6.45) is 4.36. The molecule has 1 N–H and O–H groups in total. The molecule has 3 aromatic heterocycles. The highest BCUT2D eigenvalue weighted by molar-refractivity contribution is 5.94. The van der Waals surface area contributed by atoms with Crippen LogP contribution in [0.1, 0.15) is 36.5 Å². The van der Waals surface area contributed by atoms with Crippen LogP contribution in [0.25, 0.3) is 5.65 Å². The van der Waals surface area contributed by atoms with Crippen LogP contribution in [0.4, 0.5) is 0 Å². The Hall–Kier alpha value is -2.96. The van der Waals surface area contributed by atoms with Crippen molar-refractivity contribution >= 4 is 11.6 Å². The second-order valence-electron chi connectivity index (χ2n) is 5.45. The topological polar surface area (TPSA) is 81.4 Å². The number of ether oxygens (including phenoxy) is 1. The molecule has 0 bridgehead atoms. The van der Waals surface area contributed by atoms with Crippen LogP contribution in [0.2, 0.25) is 0 Å². The molecule has 3 rings (SSSR count). The van der Waals surface area contributed by atoms with E-state index in [1.165, 1.54) is 0 Å². The number of carbonyl (C=O) groups excluding carboxylic acids is 1. The Morgan fingerprint density at radius 2 is 2.21 bits per heavy atom. The number of amides is 1. The summed E-state index contributed by atoms with van der Waals surface area (Å²) >= 11 is 0. The van der Waals surface area contributed by atoms with Gasteiger partial charge in [0, 0.05) is 24.0 Å². The van der Waals surface area contributed by atoms with E-state index in [9.17, 15) is 4.79 Å². The number of aromatic nitrogens is 4. The van der Waals surface area contributed by atoms with Gasteiger partial charge in [-0.25, -0.2) is 4.98 Å². The number of rotatable bonds is 6. The highest BCUT2D eigenvalue weighted by atomic mass is 16.5. The van der Waals surface area contributed by atoms with Gasteiger partial charge in [0.25, 0.3) is 5.91 Å². The third-order valence-corrected chi connectivity index (χ3v) is 3.69. The molecule has 0 aromatic carbocycles. The van der Waals surface area contributed by atoms with Crippen molar-refractivity contribution in [2.24, 2.45) is 0 Å². The molecule has 3 aromatic rings. The maximum Gasteiger partial charge on any atom is 0.251 e. The van der Waals surface area contributed by atoms with Crippen LogP contribution in [0.5, 0.6) is 5.88 Å². The zero-order chi connectivity index (χ0) is 16.9. The molecule has 1 amide bonds. The minimum Gasteiger partial charge on any atom is -0.475 e. The number of nitrogens with one attached hydrogen (secondary N) is 1. The Morgan fingerprint density at radius 3 is 3.04 bits per heavy atom. The van der Waals surface area contributed by atoms with E-state index in [4.69, 9.17) is 4.74 Å². The van der Waals surface area contributed by atoms with Gasteiger partial charge < -0.3 is 10.1 Å². The van der Waals surface area contributed by atoms with Crippen molar-refractivity contribution < 1.29 is 9.53 Å². The summed E-state index contributed by atoms with van der Waals surface area (Å²) in [5.74, 6) is 0.910. The molecule has 0 aliphatic carbocycles. The molecule has 0 spiro atoms. The molecule has 7 nitrogen and oxygen atoms in total. The summed E-state index contributed by atoms with van der Waals surface area (Å²) in [7, 11) is 0. The zero-order valence-electron chi connectivity index (χ0n) is 13.6. The molecule has 1 atom stereocenters.